The number of hydrogen-bond donors (Lipinski definition) is 2. The van der Waals surface area contributed by atoms with Crippen LogP contribution in [0.5, 0.6) is 5.75 Å². The number of hydrogen-bond acceptors (Lipinski definition) is 3. The lowest BCUT2D eigenvalue weighted by molar-refractivity contribution is 0.413. The van der Waals surface area contributed by atoms with E-state index < -0.39 is 0 Å². The molecule has 0 aliphatic heterocycles. The van der Waals surface area contributed by atoms with Crippen molar-refractivity contribution >= 4 is 15.9 Å². The van der Waals surface area contributed by atoms with Gasteiger partial charge in [0.05, 0.1) is 7.11 Å². The van der Waals surface area contributed by atoms with Crippen LogP contribution in [0.3, 0.4) is 0 Å². The van der Waals surface area contributed by atoms with Gasteiger partial charge in [-0.1, -0.05) is 21.9 Å². The highest BCUT2D eigenvalue weighted by Gasteiger charge is 2.10. The second kappa shape index (κ2) is 5.01. The van der Waals surface area contributed by atoms with Gasteiger partial charge < -0.3 is 4.74 Å². The maximum absolute atomic E-state index is 5.32. The van der Waals surface area contributed by atoms with E-state index in [4.69, 9.17) is 17.0 Å². The molecule has 1 aromatic rings. The highest BCUT2D eigenvalue weighted by Crippen LogP contribution is 2.26. The van der Waals surface area contributed by atoms with Gasteiger partial charge in [-0.15, -0.1) is 6.42 Å². The third-order valence-electron chi connectivity index (χ3n) is 1.85. The Labute approximate surface area is 91.7 Å². The first-order valence-electron chi connectivity index (χ1n) is 3.98. The minimum Gasteiger partial charge on any atom is -0.497 e. The van der Waals surface area contributed by atoms with Gasteiger partial charge in [-0.05, 0) is 18.2 Å². The highest BCUT2D eigenvalue weighted by atomic mass is 79.9. The maximum Gasteiger partial charge on any atom is 0.119 e. The van der Waals surface area contributed by atoms with Crippen LogP contribution in [-0.4, -0.2) is 7.11 Å². The first-order chi connectivity index (χ1) is 6.72. The largest absolute Gasteiger partial charge is 0.497 e. The Morgan fingerprint density at radius 2 is 2.36 bits per heavy atom. The van der Waals surface area contributed by atoms with E-state index in [1.54, 1.807) is 7.11 Å². The summed E-state index contributed by atoms with van der Waals surface area (Å²) >= 11 is 3.40. The first kappa shape index (κ1) is 11.1. The number of terminal acetylenes is 1. The van der Waals surface area contributed by atoms with Crippen LogP contribution in [0.1, 0.15) is 11.6 Å². The van der Waals surface area contributed by atoms with Gasteiger partial charge in [-0.25, -0.2) is 5.43 Å². The number of benzene rings is 1. The zero-order chi connectivity index (χ0) is 10.6. The third kappa shape index (κ3) is 2.26. The fraction of sp³-hybridized carbons (Fsp3) is 0.200. The predicted molar refractivity (Wildman–Crippen MR) is 59.6 cm³/mol. The molecule has 1 unspecified atom stereocenters. The van der Waals surface area contributed by atoms with E-state index in [0.29, 0.717) is 0 Å². The Kier molecular flexibility index (Phi) is 3.96. The number of nitrogens with two attached hydrogens (primary N) is 1. The van der Waals surface area contributed by atoms with E-state index in [1.165, 1.54) is 0 Å². The molecule has 1 atom stereocenters. The normalized spacial score (nSPS) is 11.9. The fourth-order valence-electron chi connectivity index (χ4n) is 1.10. The lowest BCUT2D eigenvalue weighted by Crippen LogP contribution is -2.27. The van der Waals surface area contributed by atoms with Crippen molar-refractivity contribution in [2.75, 3.05) is 7.11 Å². The molecule has 3 nitrogen and oxygen atoms in total. The molecule has 0 saturated heterocycles. The maximum atomic E-state index is 5.32. The predicted octanol–water partition coefficient (Wildman–Crippen LogP) is 1.60. The summed E-state index contributed by atoms with van der Waals surface area (Å²) < 4.78 is 5.99. The van der Waals surface area contributed by atoms with E-state index in [1.807, 2.05) is 18.2 Å². The van der Waals surface area contributed by atoms with Gasteiger partial charge >= 0.3 is 0 Å². The van der Waals surface area contributed by atoms with Crippen LogP contribution < -0.4 is 16.0 Å². The summed E-state index contributed by atoms with van der Waals surface area (Å²) in [6.07, 6.45) is 5.32. The van der Waals surface area contributed by atoms with Crippen LogP contribution in [0.4, 0.5) is 0 Å². The first-order valence-corrected chi connectivity index (χ1v) is 4.78. The van der Waals surface area contributed by atoms with Crippen molar-refractivity contribution in [2.24, 2.45) is 5.84 Å². The average molecular weight is 255 g/mol. The molecular weight excluding hydrogens is 244 g/mol. The zero-order valence-electron chi connectivity index (χ0n) is 7.75. The fourth-order valence-corrected chi connectivity index (χ4v) is 1.57. The average Bonchev–Trinajstić information content (AvgIpc) is 2.22. The smallest absolute Gasteiger partial charge is 0.119 e. The molecule has 0 saturated carbocycles. The molecule has 74 valence electrons. The Bertz CT molecular complexity index is 360. The molecule has 1 rings (SSSR count). The van der Waals surface area contributed by atoms with Crippen LogP contribution in [0.2, 0.25) is 0 Å². The van der Waals surface area contributed by atoms with Crippen LogP contribution in [0.25, 0.3) is 0 Å². The van der Waals surface area contributed by atoms with Gasteiger partial charge in [0.15, 0.2) is 0 Å². The number of rotatable bonds is 3. The van der Waals surface area contributed by atoms with Crippen molar-refractivity contribution in [2.45, 2.75) is 6.04 Å². The molecule has 14 heavy (non-hydrogen) atoms. The zero-order valence-corrected chi connectivity index (χ0v) is 9.34. The van der Waals surface area contributed by atoms with Gasteiger partial charge in [0.1, 0.15) is 11.8 Å². The van der Waals surface area contributed by atoms with Crippen molar-refractivity contribution in [3.63, 3.8) is 0 Å². The Balaban J connectivity index is 3.12. The number of methoxy groups -OCH3 is 1. The van der Waals surface area contributed by atoms with Crippen molar-refractivity contribution in [1.29, 1.82) is 0 Å². The van der Waals surface area contributed by atoms with E-state index >= 15 is 0 Å². The topological polar surface area (TPSA) is 47.3 Å². The van der Waals surface area contributed by atoms with Crippen molar-refractivity contribution in [1.82, 2.24) is 5.43 Å². The molecule has 0 heterocycles. The minimum absolute atomic E-state index is 0.320. The second-order valence-electron chi connectivity index (χ2n) is 2.65. The van der Waals surface area contributed by atoms with Crippen molar-refractivity contribution < 1.29 is 4.74 Å². The van der Waals surface area contributed by atoms with E-state index in [-0.39, 0.29) is 6.04 Å². The molecule has 4 heteroatoms. The molecule has 3 N–H and O–H groups in total. The number of ether oxygens (including phenoxy) is 1. The summed E-state index contributed by atoms with van der Waals surface area (Å²) in [6.45, 7) is 0. The van der Waals surface area contributed by atoms with Crippen molar-refractivity contribution in [3.8, 4) is 18.1 Å². The molecule has 0 aromatic heterocycles. The highest BCUT2D eigenvalue weighted by molar-refractivity contribution is 9.10. The molecule has 0 aliphatic carbocycles. The molecule has 0 fully saturated rings. The molecule has 0 radical (unpaired) electrons. The van der Waals surface area contributed by atoms with Gasteiger partial charge in [0, 0.05) is 10.0 Å². The monoisotopic (exact) mass is 254 g/mol. The van der Waals surface area contributed by atoms with Crippen LogP contribution >= 0.6 is 15.9 Å². The molecular formula is C10H11BrN2O. The van der Waals surface area contributed by atoms with Crippen LogP contribution in [0.15, 0.2) is 22.7 Å². The van der Waals surface area contributed by atoms with Gasteiger partial charge in [-0.3, -0.25) is 5.84 Å². The molecule has 0 bridgehead atoms. The molecule has 0 aliphatic rings. The second-order valence-corrected chi connectivity index (χ2v) is 3.51. The van der Waals surface area contributed by atoms with E-state index in [2.05, 4.69) is 27.3 Å². The Morgan fingerprint density at radius 1 is 1.64 bits per heavy atom. The molecule has 1 aromatic carbocycles. The molecule has 0 amide bonds. The summed E-state index contributed by atoms with van der Waals surface area (Å²) in [5, 5.41) is 0. The van der Waals surface area contributed by atoms with Crippen molar-refractivity contribution in [3.05, 3.63) is 28.2 Å². The van der Waals surface area contributed by atoms with Gasteiger partial charge in [-0.2, -0.15) is 0 Å². The SMILES string of the molecule is C#CC(NN)c1cc(OC)ccc1Br. The summed E-state index contributed by atoms with van der Waals surface area (Å²) in [5.74, 6) is 8.61. The van der Waals surface area contributed by atoms with E-state index in [9.17, 15) is 0 Å². The molecule has 0 spiro atoms. The Hall–Kier alpha value is -1.02. The minimum atomic E-state index is -0.320. The van der Waals surface area contributed by atoms with Gasteiger partial charge in [0.2, 0.25) is 0 Å². The Morgan fingerprint density at radius 3 is 2.86 bits per heavy atom. The standard InChI is InChI=1S/C10H11BrN2O/c1-3-10(13-12)8-6-7(14-2)4-5-9(8)11/h1,4-6,10,13H,12H2,2H3. The summed E-state index contributed by atoms with van der Waals surface area (Å²) in [6, 6.07) is 5.24. The lowest BCUT2D eigenvalue weighted by atomic mass is 10.1. The van der Waals surface area contributed by atoms with E-state index in [0.717, 1.165) is 15.8 Å². The number of hydrazine groups is 1. The third-order valence-corrected chi connectivity index (χ3v) is 2.57. The lowest BCUT2D eigenvalue weighted by Gasteiger charge is -2.12. The van der Waals surface area contributed by atoms with Crippen LogP contribution in [-0.2, 0) is 0 Å². The van der Waals surface area contributed by atoms with Gasteiger partial charge in [0.25, 0.3) is 0 Å². The van der Waals surface area contributed by atoms with Crippen LogP contribution in [0, 0.1) is 12.3 Å². The quantitative estimate of drug-likeness (QED) is 0.490. The number of nitrogens with one attached hydrogen (secondary N) is 1. The summed E-state index contributed by atoms with van der Waals surface area (Å²) in [7, 11) is 1.60. The summed E-state index contributed by atoms with van der Waals surface area (Å²) in [5.41, 5.74) is 3.42. The summed E-state index contributed by atoms with van der Waals surface area (Å²) in [4.78, 5) is 0. The number of halogens is 1.